The van der Waals surface area contributed by atoms with E-state index in [2.05, 4.69) is 10.2 Å². The van der Waals surface area contributed by atoms with E-state index in [1.165, 1.54) is 69.7 Å². The van der Waals surface area contributed by atoms with Gasteiger partial charge in [-0.15, -0.1) is 0 Å². The number of esters is 4. The zero-order chi connectivity index (χ0) is 72.6. The zero-order valence-corrected chi connectivity index (χ0v) is 55.4. The van der Waals surface area contributed by atoms with Gasteiger partial charge in [-0.1, -0.05) is 104 Å². The fourth-order valence-electron chi connectivity index (χ4n) is 10.7. The summed E-state index contributed by atoms with van der Waals surface area (Å²) in [5.41, 5.74) is -6.85. The number of alkyl halides is 12. The maximum absolute atomic E-state index is 15.1. The summed E-state index contributed by atoms with van der Waals surface area (Å²) in [6.45, 7) is 14.0. The van der Waals surface area contributed by atoms with Crippen molar-refractivity contribution in [3.63, 3.8) is 0 Å². The number of hydrogen-bond donors (Lipinski definition) is 0. The predicted molar refractivity (Wildman–Crippen MR) is 318 cm³/mol. The highest BCUT2D eigenvalue weighted by Crippen LogP contribution is 2.38. The number of hydrogen-bond acceptors (Lipinski definition) is 14. The molecule has 4 aromatic rings. The molecule has 0 unspecified atom stereocenters. The van der Waals surface area contributed by atoms with Crippen molar-refractivity contribution in [2.45, 2.75) is 194 Å². The number of amides is 4. The molecule has 96 heavy (non-hydrogen) atoms. The van der Waals surface area contributed by atoms with Gasteiger partial charge in [0.1, 0.15) is 35.6 Å². The first-order chi connectivity index (χ1) is 44.2. The van der Waals surface area contributed by atoms with Gasteiger partial charge >= 0.3 is 48.6 Å². The molecule has 0 bridgehead atoms. The summed E-state index contributed by atoms with van der Waals surface area (Å²) in [6.07, 6.45) is -30.2. The van der Waals surface area contributed by atoms with Gasteiger partial charge < -0.3 is 38.5 Å². The summed E-state index contributed by atoms with van der Waals surface area (Å²) in [7, 11) is 4.66. The Labute approximate surface area is 546 Å². The molecule has 0 saturated carbocycles. The van der Waals surface area contributed by atoms with Gasteiger partial charge in [-0.05, 0) is 85.5 Å². The third-order valence-electron chi connectivity index (χ3n) is 15.7. The van der Waals surface area contributed by atoms with Crippen LogP contribution in [0.5, 0.6) is 0 Å². The molecule has 0 radical (unpaired) electrons. The molecule has 0 spiro atoms. The Morgan fingerprint density at radius 1 is 0.385 bits per heavy atom. The van der Waals surface area contributed by atoms with Crippen LogP contribution in [0.4, 0.5) is 52.7 Å². The Morgan fingerprint density at radius 3 is 1.00 bits per heavy atom. The van der Waals surface area contributed by atoms with Crippen molar-refractivity contribution in [1.82, 2.24) is 39.2 Å². The molecule has 0 aliphatic carbocycles. The van der Waals surface area contributed by atoms with Crippen molar-refractivity contribution in [3.05, 3.63) is 106 Å². The number of cyclic esters (lactones) is 4. The van der Waals surface area contributed by atoms with Crippen LogP contribution in [0.15, 0.2) is 60.7 Å². The van der Waals surface area contributed by atoms with Crippen LogP contribution in [0.25, 0.3) is 0 Å². The Bertz CT molecular complexity index is 3380. The molecule has 2 aromatic carbocycles. The molecular formula is C64H80F12N8O12. The first-order valence-electron chi connectivity index (χ1n) is 30.7. The second-order valence-corrected chi connectivity index (χ2v) is 25.6. The second kappa shape index (κ2) is 31.8. The highest BCUT2D eigenvalue weighted by atomic mass is 19.4. The van der Waals surface area contributed by atoms with Gasteiger partial charge in [0.25, 0.3) is 23.6 Å². The molecule has 20 nitrogen and oxygen atoms in total. The van der Waals surface area contributed by atoms with Crippen LogP contribution in [0.2, 0.25) is 0 Å². The first kappa shape index (κ1) is 78.5. The second-order valence-electron chi connectivity index (χ2n) is 25.6. The van der Waals surface area contributed by atoms with Crippen molar-refractivity contribution in [1.29, 1.82) is 0 Å². The largest absolute Gasteiger partial charge is 0.451 e. The van der Waals surface area contributed by atoms with E-state index in [0.29, 0.717) is 0 Å². The normalized spacial score (nSPS) is 22.1. The molecule has 532 valence electrons. The van der Waals surface area contributed by atoms with Crippen LogP contribution in [-0.2, 0) is 108 Å². The number of aromatic nitrogens is 4. The lowest BCUT2D eigenvalue weighted by atomic mass is 9.99. The third-order valence-corrected chi connectivity index (χ3v) is 15.7. The number of carbonyl (C=O) groups is 8. The average molecular weight is 1380 g/mol. The van der Waals surface area contributed by atoms with Gasteiger partial charge in [0.15, 0.2) is 35.8 Å². The van der Waals surface area contributed by atoms with Gasteiger partial charge in [-0.25, -0.2) is 19.2 Å². The van der Waals surface area contributed by atoms with Crippen molar-refractivity contribution in [2.24, 2.45) is 23.7 Å². The Morgan fingerprint density at radius 2 is 0.677 bits per heavy atom. The summed E-state index contributed by atoms with van der Waals surface area (Å²) in [4.78, 5) is 121. The smallest absolute Gasteiger partial charge is 0.435 e. The van der Waals surface area contributed by atoms with E-state index in [9.17, 15) is 81.5 Å². The van der Waals surface area contributed by atoms with Crippen molar-refractivity contribution >= 4 is 47.5 Å². The number of ether oxygens (including phenoxy) is 4. The maximum Gasteiger partial charge on any atom is 0.435 e. The number of likely N-dealkylation sites (N-methyl/N-ethyl adjacent to an activating group) is 4. The van der Waals surface area contributed by atoms with Crippen LogP contribution in [0.1, 0.15) is 140 Å². The van der Waals surface area contributed by atoms with Crippen molar-refractivity contribution in [2.75, 3.05) is 28.2 Å². The molecule has 4 amide bonds. The summed E-state index contributed by atoms with van der Waals surface area (Å²) < 4.78 is 189. The predicted octanol–water partition coefficient (Wildman–Crippen LogP) is 10.2. The molecule has 1 saturated heterocycles. The highest BCUT2D eigenvalue weighted by molar-refractivity contribution is 5.94. The molecule has 8 atom stereocenters. The molecule has 1 aliphatic heterocycles. The zero-order valence-electron chi connectivity index (χ0n) is 55.4. The van der Waals surface area contributed by atoms with E-state index >= 15 is 9.59 Å². The molecule has 1 aliphatic rings. The van der Waals surface area contributed by atoms with E-state index in [1.807, 2.05) is 0 Å². The lowest BCUT2D eigenvalue weighted by molar-refractivity contribution is -0.176. The van der Waals surface area contributed by atoms with Crippen molar-refractivity contribution < 1.29 is 110 Å². The topological polar surface area (TPSA) is 222 Å². The summed E-state index contributed by atoms with van der Waals surface area (Å²) in [6, 6.07) is 3.58. The van der Waals surface area contributed by atoms with Crippen LogP contribution in [0.3, 0.4) is 0 Å². The number of carbonyl (C=O) groups excluding carboxylic acids is 8. The lowest BCUT2D eigenvalue weighted by Crippen LogP contribution is -2.55. The number of rotatable bonds is 16. The van der Waals surface area contributed by atoms with Crippen LogP contribution < -0.4 is 0 Å². The van der Waals surface area contributed by atoms with Gasteiger partial charge in [-0.2, -0.15) is 62.9 Å². The fraction of sp³-hybridized carbons (Fsp3) is 0.594. The minimum atomic E-state index is -5.28. The quantitative estimate of drug-likeness (QED) is 0.0579. The SMILES string of the molecule is CC(C)C[C@H]1C(=O)O[C@H](Cc2cccc(Cn3nc(C(F)(F)F)cc3C(F)(F)F)c2)C(=O)N(C)[C@@H](CC(C)C)C(=O)O[C@H](C)C(=O)N(C)[C@@H](CC(C)C)C(=O)O[C@H](Cc2ccc(Cn3nc(C(F)(F)F)cc3C(F)(F)F)cc2)C(=O)N(C)[C@@H](CC(C)C)C(=O)O[C@H](C)C(=O)N1C. The average Bonchev–Trinajstić information content (AvgIpc) is 1.61. The number of halogens is 12. The minimum absolute atomic E-state index is 0.0132. The first-order valence-corrected chi connectivity index (χ1v) is 30.7. The van der Waals surface area contributed by atoms with E-state index in [0.717, 1.165) is 40.5 Å². The molecular weight excluding hydrogens is 1300 g/mol. The van der Waals surface area contributed by atoms with Gasteiger partial charge in [0, 0.05) is 53.2 Å². The summed E-state index contributed by atoms with van der Waals surface area (Å²) in [5.74, 6) is -10.6. The Hall–Kier alpha value is -8.22. The van der Waals surface area contributed by atoms with E-state index in [4.69, 9.17) is 18.9 Å². The van der Waals surface area contributed by atoms with Crippen LogP contribution >= 0.6 is 0 Å². The van der Waals surface area contributed by atoms with Crippen molar-refractivity contribution in [3.8, 4) is 0 Å². The van der Waals surface area contributed by atoms with Gasteiger partial charge in [0.2, 0.25) is 0 Å². The third kappa shape index (κ3) is 20.9. The minimum Gasteiger partial charge on any atom is -0.451 e. The van der Waals surface area contributed by atoms with Crippen LogP contribution in [0, 0.1) is 23.7 Å². The molecule has 3 heterocycles. The molecule has 0 N–H and O–H groups in total. The molecule has 32 heteroatoms. The van der Waals surface area contributed by atoms with E-state index in [1.54, 1.807) is 55.4 Å². The molecule has 5 rings (SSSR count). The summed E-state index contributed by atoms with van der Waals surface area (Å²) in [5, 5.41) is 6.30. The van der Waals surface area contributed by atoms with E-state index < -0.39 is 193 Å². The van der Waals surface area contributed by atoms with Crippen LogP contribution in [-0.4, -0.2) is 163 Å². The van der Waals surface area contributed by atoms with Gasteiger partial charge in [0.05, 0.1) is 13.1 Å². The standard InChI is InChI=1S/C64H80F12N8O12/c1-33(2)22-43-57(89)93-38(10)54(86)80(12)46(25-36(7)8)60(92)96-48(28-41-16-15-17-42(26-41)32-84-52(64(74,75)76)30-50(78-84)62(68,69)70)56(88)82(14)44(23-34(3)4)58(90)94-37(9)53(85)79(11)45(24-35(5)6)59(91)95-47(55(87)81(43)13)27-39-18-20-40(21-19-39)31-83-51(63(71,72)73)29-49(77-83)61(65,66)67/h15-21,26,29-30,33-38,43-48H,22-25,27-28,31-32H2,1-14H3/t37-,38-,43+,44+,45+,46+,47-,48-/m1/s1. The maximum atomic E-state index is 15.1. The lowest BCUT2D eigenvalue weighted by Gasteiger charge is -2.35. The van der Waals surface area contributed by atoms with Gasteiger partial charge in [-0.3, -0.25) is 28.5 Å². The number of nitrogens with zero attached hydrogens (tertiary/aromatic N) is 8. The summed E-state index contributed by atoms with van der Waals surface area (Å²) >= 11 is 0. The van der Waals surface area contributed by atoms with E-state index in [-0.39, 0.29) is 69.4 Å². The monoisotopic (exact) mass is 1380 g/mol. The Balaban J connectivity index is 1.62. The highest BCUT2D eigenvalue weighted by Gasteiger charge is 2.46. The number of benzene rings is 2. The Kier molecular flexibility index (Phi) is 26.0. The molecule has 2 aromatic heterocycles. The molecule has 1 fully saturated rings. The fourth-order valence-corrected chi connectivity index (χ4v) is 10.7.